The average molecular weight is 985 g/mol. The van der Waals surface area contributed by atoms with Crippen LogP contribution in [0.3, 0.4) is 0 Å². The molecule has 22 heteroatoms. The summed E-state index contributed by atoms with van der Waals surface area (Å²) in [5.74, 6) is -6.05. The Morgan fingerprint density at radius 1 is 0.859 bits per heavy atom. The molecule has 1 aliphatic carbocycles. The van der Waals surface area contributed by atoms with Crippen LogP contribution in [0.15, 0.2) is 60.8 Å². The quantitative estimate of drug-likeness (QED) is 0.0474. The monoisotopic (exact) mass is 985 g/mol. The summed E-state index contributed by atoms with van der Waals surface area (Å²) in [4.78, 5) is 116. The summed E-state index contributed by atoms with van der Waals surface area (Å²) in [6.07, 6.45) is 3.89. The van der Waals surface area contributed by atoms with Crippen LogP contribution in [-0.2, 0) is 51.2 Å². The fraction of sp³-hybridized carbons (Fsp3) is 0.531. The number of hydrogen-bond donors (Lipinski definition) is 13. The molecule has 14 N–H and O–H groups in total. The lowest BCUT2D eigenvalue weighted by Gasteiger charge is -2.33. The predicted molar refractivity (Wildman–Crippen MR) is 261 cm³/mol. The number of nitrogens with one attached hydrogen (secondary N) is 10. The number of carboxylic acids is 1. The minimum atomic E-state index is -1.32. The van der Waals surface area contributed by atoms with Crippen LogP contribution in [0, 0.1) is 11.3 Å². The summed E-state index contributed by atoms with van der Waals surface area (Å²) in [6.45, 7) is 0.785. The molecule has 3 aromatic rings. The molecule has 3 aliphatic rings. The van der Waals surface area contributed by atoms with E-state index in [4.69, 9.17) is 11.1 Å². The van der Waals surface area contributed by atoms with Gasteiger partial charge in [-0.3, -0.25) is 49.1 Å². The number of amides is 7. The highest BCUT2D eigenvalue weighted by Gasteiger charge is 2.44. The van der Waals surface area contributed by atoms with Crippen molar-refractivity contribution in [3.63, 3.8) is 0 Å². The van der Waals surface area contributed by atoms with E-state index in [1.165, 1.54) is 11.8 Å². The van der Waals surface area contributed by atoms with Crippen LogP contribution in [0.5, 0.6) is 0 Å². The van der Waals surface area contributed by atoms with Crippen LogP contribution in [-0.4, -0.2) is 148 Å². The van der Waals surface area contributed by atoms with Crippen molar-refractivity contribution in [3.8, 4) is 0 Å². The third kappa shape index (κ3) is 15.7. The maximum absolute atomic E-state index is 14.9. The number of aromatic amines is 1. The number of nitrogens with two attached hydrogens (primary N) is 1. The highest BCUT2D eigenvalue weighted by atomic mass is 16.4. The Morgan fingerprint density at radius 2 is 1.55 bits per heavy atom. The molecular weight excluding hydrogens is 917 g/mol. The molecule has 71 heavy (non-hydrogen) atoms. The van der Waals surface area contributed by atoms with Gasteiger partial charge in [0.2, 0.25) is 41.4 Å². The van der Waals surface area contributed by atoms with Crippen LogP contribution < -0.4 is 48.3 Å². The second-order valence-electron chi connectivity index (χ2n) is 18.8. The molecule has 2 saturated heterocycles. The lowest BCUT2D eigenvalue weighted by Crippen LogP contribution is -2.60. The van der Waals surface area contributed by atoms with Crippen LogP contribution in [0.1, 0.15) is 82.3 Å². The molecule has 2 aromatic carbocycles. The average Bonchev–Trinajstić information content (AvgIpc) is 3.95. The van der Waals surface area contributed by atoms with Gasteiger partial charge >= 0.3 is 5.97 Å². The fourth-order valence-corrected chi connectivity index (χ4v) is 9.69. The van der Waals surface area contributed by atoms with Crippen molar-refractivity contribution >= 4 is 64.2 Å². The first-order chi connectivity index (χ1) is 34.0. The van der Waals surface area contributed by atoms with Gasteiger partial charge in [0.05, 0.1) is 18.7 Å². The van der Waals surface area contributed by atoms with Crippen molar-refractivity contribution in [2.75, 3.05) is 26.2 Å². The lowest BCUT2D eigenvalue weighted by atomic mass is 9.83. The van der Waals surface area contributed by atoms with E-state index in [1.807, 2.05) is 24.3 Å². The molecule has 384 valence electrons. The number of hydrogen-bond acceptors (Lipinski definition) is 11. The van der Waals surface area contributed by atoms with E-state index >= 15 is 0 Å². The number of carbonyl (C=O) groups excluding carboxylic acids is 7. The highest BCUT2D eigenvalue weighted by Crippen LogP contribution is 2.29. The SMILES string of the molecule is CC(=O)N[C@H]1C[C@H]2C(=O)N[C@H](C[C@H]3CC[C@@H](O)CC3)C(=O)N[C@@H](Cc3c[nH]c4ccccc34)C(=O)N[C@@H](CCCNC(=N)N)C(=O)NCCC[C@H](NC(=O)[C@H](Cc3ccccc3)NCC(=O)O)C(=O)N2C1. The van der Waals surface area contributed by atoms with Gasteiger partial charge in [-0.2, -0.15) is 0 Å². The molecule has 22 nitrogen and oxygen atoms in total. The molecule has 7 atom stereocenters. The van der Waals surface area contributed by atoms with Gasteiger partial charge in [-0.05, 0) is 93.7 Å². The summed E-state index contributed by atoms with van der Waals surface area (Å²) in [7, 11) is 0. The molecule has 0 unspecified atom stereocenters. The Bertz CT molecular complexity index is 2370. The van der Waals surface area contributed by atoms with Crippen LogP contribution in [0.25, 0.3) is 10.9 Å². The molecule has 3 heterocycles. The number of aliphatic hydroxyl groups is 1. The number of aliphatic hydroxyl groups excluding tert-OH is 1. The number of nitrogens with zero attached hydrogens (tertiary/aromatic N) is 1. The van der Waals surface area contributed by atoms with Gasteiger partial charge < -0.3 is 63.0 Å². The third-order valence-electron chi connectivity index (χ3n) is 13.3. The molecule has 0 radical (unpaired) electrons. The van der Waals surface area contributed by atoms with Gasteiger partial charge in [0.1, 0.15) is 30.2 Å². The fourth-order valence-electron chi connectivity index (χ4n) is 9.69. The number of aromatic nitrogens is 1. The van der Waals surface area contributed by atoms with Crippen molar-refractivity contribution in [2.24, 2.45) is 11.7 Å². The Balaban J connectivity index is 1.36. The van der Waals surface area contributed by atoms with Crippen molar-refractivity contribution in [1.82, 2.24) is 52.4 Å². The van der Waals surface area contributed by atoms with Crippen molar-refractivity contribution in [3.05, 3.63) is 71.9 Å². The number of rotatable bonds is 16. The second-order valence-corrected chi connectivity index (χ2v) is 18.8. The van der Waals surface area contributed by atoms with Crippen molar-refractivity contribution in [2.45, 2.75) is 132 Å². The third-order valence-corrected chi connectivity index (χ3v) is 13.3. The first-order valence-corrected chi connectivity index (χ1v) is 24.4. The number of benzene rings is 2. The Labute approximate surface area is 411 Å². The predicted octanol–water partition coefficient (Wildman–Crippen LogP) is -0.845. The largest absolute Gasteiger partial charge is 0.480 e. The first kappa shape index (κ1) is 53.3. The van der Waals surface area contributed by atoms with Gasteiger partial charge in [-0.1, -0.05) is 48.5 Å². The Morgan fingerprint density at radius 3 is 2.27 bits per heavy atom. The summed E-state index contributed by atoms with van der Waals surface area (Å²) in [5, 5.41) is 50.7. The van der Waals surface area contributed by atoms with Crippen molar-refractivity contribution < 1.29 is 48.6 Å². The standard InChI is InChI=1S/C49H68N12O10/c1-28(62)56-32-24-41-47(70)60-39(22-30-15-17-33(63)18-16-30)45(68)59-40(23-31-25-54-35-12-6-5-11-34(31)35)46(69)57-36(13-7-20-53-49(50)51)43(66)52-19-8-14-37(48(71)61(41)27-32)58-44(67)38(55-26-42(64)65)21-29-9-3-2-4-10-29/h2-6,9-12,25,30,32-33,36-41,54-55,63H,7-8,13-24,26-27H2,1H3,(H,52,66)(H,56,62)(H,57,69)(H,58,67)(H,59,68)(H,60,70)(H,64,65)(H4,50,51,53)/t30-,32-,33+,36-,37-,38-,39+,40-,41-/m0/s1. The van der Waals surface area contributed by atoms with E-state index in [-0.39, 0.29) is 76.5 Å². The number of aliphatic carboxylic acids is 1. The van der Waals surface area contributed by atoms with E-state index in [0.29, 0.717) is 43.2 Å². The zero-order chi connectivity index (χ0) is 51.0. The Kier molecular flexibility index (Phi) is 19.3. The molecule has 0 spiro atoms. The molecule has 2 aliphatic heterocycles. The summed E-state index contributed by atoms with van der Waals surface area (Å²) in [5.41, 5.74) is 7.71. The smallest absolute Gasteiger partial charge is 0.317 e. The van der Waals surface area contributed by atoms with Crippen LogP contribution >= 0.6 is 0 Å². The van der Waals surface area contributed by atoms with Gasteiger partial charge in [0.25, 0.3) is 0 Å². The van der Waals surface area contributed by atoms with Gasteiger partial charge in [0, 0.05) is 56.1 Å². The molecule has 0 bridgehead atoms. The Hall–Kier alpha value is -7.07. The minimum absolute atomic E-state index is 0.00739. The van der Waals surface area contributed by atoms with E-state index in [2.05, 4.69) is 47.5 Å². The van der Waals surface area contributed by atoms with Gasteiger partial charge in [0.15, 0.2) is 5.96 Å². The maximum atomic E-state index is 14.9. The molecular formula is C49H68N12O10. The topological polar surface area (TPSA) is 342 Å². The molecule has 3 fully saturated rings. The molecule has 7 amide bonds. The van der Waals surface area contributed by atoms with Gasteiger partial charge in [-0.25, -0.2) is 0 Å². The van der Waals surface area contributed by atoms with Crippen LogP contribution in [0.2, 0.25) is 0 Å². The second kappa shape index (κ2) is 25.7. The summed E-state index contributed by atoms with van der Waals surface area (Å²) >= 11 is 0. The summed E-state index contributed by atoms with van der Waals surface area (Å²) < 4.78 is 0. The van der Waals surface area contributed by atoms with Gasteiger partial charge in [-0.15, -0.1) is 0 Å². The molecule has 6 rings (SSSR count). The first-order valence-electron chi connectivity index (χ1n) is 24.4. The van der Waals surface area contributed by atoms with E-state index in [9.17, 15) is 48.6 Å². The molecule has 1 aromatic heterocycles. The summed E-state index contributed by atoms with van der Waals surface area (Å²) in [6, 6.07) is 8.30. The molecule has 1 saturated carbocycles. The van der Waals surface area contributed by atoms with Crippen LogP contribution in [0.4, 0.5) is 0 Å². The minimum Gasteiger partial charge on any atom is -0.480 e. The maximum Gasteiger partial charge on any atom is 0.317 e. The zero-order valence-electron chi connectivity index (χ0n) is 40.0. The number of fused-ring (bicyclic) bond motifs is 2. The van der Waals surface area contributed by atoms with E-state index in [1.54, 1.807) is 36.5 Å². The van der Waals surface area contributed by atoms with E-state index < -0.39 is 102 Å². The number of para-hydroxylation sites is 1. The number of H-pyrrole nitrogens is 1. The van der Waals surface area contributed by atoms with E-state index in [0.717, 1.165) is 10.9 Å². The highest BCUT2D eigenvalue weighted by molar-refractivity contribution is 5.98. The number of guanidine groups is 1. The number of carbonyl (C=O) groups is 8. The normalized spacial score (nSPS) is 25.3. The number of carboxylic acid groups (broad SMARTS) is 1. The van der Waals surface area contributed by atoms with Crippen molar-refractivity contribution in [1.29, 1.82) is 5.41 Å². The lowest BCUT2D eigenvalue weighted by molar-refractivity contribution is -0.143. The zero-order valence-corrected chi connectivity index (χ0v) is 40.0.